The Morgan fingerprint density at radius 3 is 2.50 bits per heavy atom. The molecule has 0 aliphatic carbocycles. The van der Waals surface area contributed by atoms with Crippen molar-refractivity contribution in [1.29, 1.82) is 0 Å². The summed E-state index contributed by atoms with van der Waals surface area (Å²) in [5.74, 6) is 0. The molecule has 2 nitrogen and oxygen atoms in total. The van der Waals surface area contributed by atoms with Crippen molar-refractivity contribution in [1.82, 2.24) is 4.98 Å². The first-order valence-electron chi connectivity index (χ1n) is 6.42. The van der Waals surface area contributed by atoms with E-state index in [1.54, 1.807) is 13.1 Å². The second-order valence-corrected chi connectivity index (χ2v) is 5.33. The van der Waals surface area contributed by atoms with Crippen LogP contribution in [-0.4, -0.2) is 10.1 Å². The molecule has 3 aromatic rings. The van der Waals surface area contributed by atoms with Gasteiger partial charge in [-0.1, -0.05) is 54.1 Å². The summed E-state index contributed by atoms with van der Waals surface area (Å²) in [4.78, 5) is 4.09. The third kappa shape index (κ3) is 2.17. The lowest BCUT2D eigenvalue weighted by molar-refractivity contribution is 0.102. The van der Waals surface area contributed by atoms with Crippen LogP contribution in [0.5, 0.6) is 0 Å². The first kappa shape index (κ1) is 13.1. The average Bonchev–Trinajstić information content (AvgIpc) is 2.48. The van der Waals surface area contributed by atoms with E-state index in [9.17, 15) is 5.11 Å². The van der Waals surface area contributed by atoms with Crippen LogP contribution < -0.4 is 0 Å². The zero-order valence-corrected chi connectivity index (χ0v) is 11.8. The van der Waals surface area contributed by atoms with Crippen LogP contribution >= 0.6 is 11.6 Å². The lowest BCUT2D eigenvalue weighted by Gasteiger charge is -2.25. The molecule has 100 valence electrons. The zero-order chi connectivity index (χ0) is 14.2. The molecule has 0 spiro atoms. The second kappa shape index (κ2) is 4.89. The van der Waals surface area contributed by atoms with Gasteiger partial charge in [0.2, 0.25) is 0 Å². The normalized spacial score (nSPS) is 14.2. The topological polar surface area (TPSA) is 33.1 Å². The van der Waals surface area contributed by atoms with Gasteiger partial charge in [-0.2, -0.15) is 0 Å². The molecule has 0 fully saturated rings. The Hall–Kier alpha value is -1.90. The molecule has 3 heteroatoms. The van der Waals surface area contributed by atoms with Crippen LogP contribution in [0.4, 0.5) is 0 Å². The first-order chi connectivity index (χ1) is 9.59. The third-order valence-electron chi connectivity index (χ3n) is 3.62. The molecule has 0 saturated heterocycles. The van der Waals surface area contributed by atoms with Crippen LogP contribution in [0.25, 0.3) is 10.8 Å². The predicted octanol–water partition coefficient (Wildman–Crippen LogP) is 4.14. The maximum Gasteiger partial charge on any atom is 0.136 e. The van der Waals surface area contributed by atoms with Crippen LogP contribution in [0, 0.1) is 0 Å². The van der Waals surface area contributed by atoms with E-state index in [2.05, 4.69) is 4.98 Å². The summed E-state index contributed by atoms with van der Waals surface area (Å²) in [7, 11) is 0. The molecule has 1 aromatic heterocycles. The molecular weight excluding hydrogens is 270 g/mol. The van der Waals surface area contributed by atoms with Gasteiger partial charge < -0.3 is 5.11 Å². The number of halogens is 1. The fourth-order valence-electron chi connectivity index (χ4n) is 2.36. The van der Waals surface area contributed by atoms with Gasteiger partial charge in [0.1, 0.15) is 10.8 Å². The molecule has 2 aromatic carbocycles. The van der Waals surface area contributed by atoms with E-state index in [0.29, 0.717) is 5.15 Å². The zero-order valence-electron chi connectivity index (χ0n) is 11.0. The van der Waals surface area contributed by atoms with Crippen LogP contribution in [0.3, 0.4) is 0 Å². The molecule has 1 unspecified atom stereocenters. The smallest absolute Gasteiger partial charge is 0.136 e. The van der Waals surface area contributed by atoms with Crippen molar-refractivity contribution in [2.45, 2.75) is 12.5 Å². The van der Waals surface area contributed by atoms with Crippen LogP contribution in [0.15, 0.2) is 60.8 Å². The Labute approximate surface area is 122 Å². The van der Waals surface area contributed by atoms with Gasteiger partial charge in [-0.3, -0.25) is 0 Å². The number of hydrogen-bond donors (Lipinski definition) is 1. The Bertz CT molecular complexity index is 753. The van der Waals surface area contributed by atoms with Gasteiger partial charge >= 0.3 is 0 Å². The molecule has 0 saturated carbocycles. The van der Waals surface area contributed by atoms with Crippen molar-refractivity contribution in [2.75, 3.05) is 0 Å². The van der Waals surface area contributed by atoms with E-state index in [1.807, 2.05) is 54.6 Å². The van der Waals surface area contributed by atoms with Crippen molar-refractivity contribution >= 4 is 22.4 Å². The standard InChI is InChI=1S/C17H14ClNO/c1-17(20,13-5-3-2-4-6-13)14-8-7-12-9-10-19-16(18)15(12)11-14/h2-11,20H,1H3. The highest BCUT2D eigenvalue weighted by atomic mass is 35.5. The van der Waals surface area contributed by atoms with Crippen LogP contribution in [0.2, 0.25) is 5.15 Å². The lowest BCUT2D eigenvalue weighted by atomic mass is 9.87. The molecule has 0 amide bonds. The SMILES string of the molecule is CC(O)(c1ccccc1)c1ccc2ccnc(Cl)c2c1. The molecule has 0 radical (unpaired) electrons. The Balaban J connectivity index is 2.17. The molecule has 1 heterocycles. The number of benzene rings is 2. The molecule has 1 atom stereocenters. The van der Waals surface area contributed by atoms with Gasteiger partial charge in [0.05, 0.1) is 0 Å². The highest BCUT2D eigenvalue weighted by molar-refractivity contribution is 6.34. The van der Waals surface area contributed by atoms with Gasteiger partial charge in [-0.05, 0) is 35.6 Å². The molecule has 1 N–H and O–H groups in total. The number of aliphatic hydroxyl groups is 1. The minimum absolute atomic E-state index is 0.452. The maximum absolute atomic E-state index is 10.8. The molecule has 0 aliphatic rings. The molecule has 20 heavy (non-hydrogen) atoms. The highest BCUT2D eigenvalue weighted by Crippen LogP contribution is 2.32. The quantitative estimate of drug-likeness (QED) is 0.717. The fourth-order valence-corrected chi connectivity index (χ4v) is 2.58. The summed E-state index contributed by atoms with van der Waals surface area (Å²) in [6.45, 7) is 1.79. The monoisotopic (exact) mass is 283 g/mol. The van der Waals surface area contributed by atoms with Gasteiger partial charge in [0, 0.05) is 11.6 Å². The van der Waals surface area contributed by atoms with E-state index < -0.39 is 5.60 Å². The minimum atomic E-state index is -1.06. The Morgan fingerprint density at radius 1 is 1.00 bits per heavy atom. The average molecular weight is 284 g/mol. The summed E-state index contributed by atoms with van der Waals surface area (Å²) < 4.78 is 0. The lowest BCUT2D eigenvalue weighted by Crippen LogP contribution is -2.22. The predicted molar refractivity (Wildman–Crippen MR) is 81.9 cm³/mol. The number of pyridine rings is 1. The summed E-state index contributed by atoms with van der Waals surface area (Å²) in [6, 6.07) is 17.3. The maximum atomic E-state index is 10.8. The fraction of sp³-hybridized carbons (Fsp3) is 0.118. The van der Waals surface area contributed by atoms with Crippen LogP contribution in [-0.2, 0) is 5.60 Å². The van der Waals surface area contributed by atoms with E-state index in [0.717, 1.165) is 21.9 Å². The largest absolute Gasteiger partial charge is 0.381 e. The summed E-state index contributed by atoms with van der Waals surface area (Å²) in [6.07, 6.45) is 1.68. The van der Waals surface area contributed by atoms with Crippen molar-refractivity contribution in [3.63, 3.8) is 0 Å². The van der Waals surface area contributed by atoms with E-state index in [1.165, 1.54) is 0 Å². The number of hydrogen-bond acceptors (Lipinski definition) is 2. The minimum Gasteiger partial charge on any atom is -0.381 e. The molecule has 0 bridgehead atoms. The van der Waals surface area contributed by atoms with E-state index in [4.69, 9.17) is 11.6 Å². The molecule has 0 aliphatic heterocycles. The summed E-state index contributed by atoms with van der Waals surface area (Å²) in [5.41, 5.74) is 0.583. The highest BCUT2D eigenvalue weighted by Gasteiger charge is 2.25. The molecule has 3 rings (SSSR count). The summed E-state index contributed by atoms with van der Waals surface area (Å²) >= 11 is 6.13. The summed E-state index contributed by atoms with van der Waals surface area (Å²) in [5, 5.41) is 13.2. The van der Waals surface area contributed by atoms with Gasteiger partial charge in [-0.15, -0.1) is 0 Å². The number of fused-ring (bicyclic) bond motifs is 1. The third-order valence-corrected chi connectivity index (χ3v) is 3.92. The first-order valence-corrected chi connectivity index (χ1v) is 6.79. The number of rotatable bonds is 2. The van der Waals surface area contributed by atoms with E-state index in [-0.39, 0.29) is 0 Å². The van der Waals surface area contributed by atoms with Crippen molar-refractivity contribution < 1.29 is 5.11 Å². The molecular formula is C17H14ClNO. The van der Waals surface area contributed by atoms with Gasteiger partial charge in [0.25, 0.3) is 0 Å². The van der Waals surface area contributed by atoms with Gasteiger partial charge in [-0.25, -0.2) is 4.98 Å². The van der Waals surface area contributed by atoms with Gasteiger partial charge in [0.15, 0.2) is 0 Å². The van der Waals surface area contributed by atoms with Crippen molar-refractivity contribution in [3.05, 3.63) is 77.1 Å². The Morgan fingerprint density at radius 2 is 1.75 bits per heavy atom. The number of aromatic nitrogens is 1. The van der Waals surface area contributed by atoms with Crippen LogP contribution in [0.1, 0.15) is 18.1 Å². The Kier molecular flexibility index (Phi) is 3.20. The number of nitrogens with zero attached hydrogens (tertiary/aromatic N) is 1. The van der Waals surface area contributed by atoms with E-state index >= 15 is 0 Å². The second-order valence-electron chi connectivity index (χ2n) is 4.98. The van der Waals surface area contributed by atoms with Crippen molar-refractivity contribution in [2.24, 2.45) is 0 Å². The van der Waals surface area contributed by atoms with Crippen molar-refractivity contribution in [3.8, 4) is 0 Å².